The van der Waals surface area contributed by atoms with Crippen LogP contribution in [0.15, 0.2) is 72.8 Å². The summed E-state index contributed by atoms with van der Waals surface area (Å²) in [6.07, 6.45) is 6.00. The Balaban J connectivity index is 1.47. The van der Waals surface area contributed by atoms with Crippen LogP contribution in [0.5, 0.6) is 17.2 Å². The molecule has 3 rings (SSSR count). The summed E-state index contributed by atoms with van der Waals surface area (Å²) in [6.45, 7) is 5.89. The molecular weight excluding hydrogens is 468 g/mol. The topological polar surface area (TPSA) is 52.6 Å². The number of benzene rings is 3. The van der Waals surface area contributed by atoms with Crippen LogP contribution in [0.3, 0.4) is 0 Å². The van der Waals surface area contributed by atoms with Crippen molar-refractivity contribution in [2.24, 2.45) is 0 Å². The number of hydrogen-bond acceptors (Lipinski definition) is 5. The van der Waals surface area contributed by atoms with Crippen molar-refractivity contribution >= 4 is 22.7 Å². The number of thioether (sulfide) groups is 1. The van der Waals surface area contributed by atoms with Gasteiger partial charge in [-0.3, -0.25) is 9.59 Å². The van der Waals surface area contributed by atoms with Crippen LogP contribution in [-0.2, 0) is 22.4 Å². The zero-order chi connectivity index (χ0) is 25.8. The largest absolute Gasteiger partial charge is 0.493 e. The third-order valence-corrected chi connectivity index (χ3v) is 6.98. The fraction of sp³-hybridized carbons (Fsp3) is 0.355. The van der Waals surface area contributed by atoms with Gasteiger partial charge in [0.15, 0.2) is 5.12 Å². The van der Waals surface area contributed by atoms with Crippen molar-refractivity contribution in [3.05, 3.63) is 89.5 Å². The number of para-hydroxylation sites is 1. The van der Waals surface area contributed by atoms with Crippen molar-refractivity contribution in [3.8, 4) is 17.2 Å². The summed E-state index contributed by atoms with van der Waals surface area (Å²) in [4.78, 5) is 23.5. The molecule has 0 N–H and O–H groups in total. The van der Waals surface area contributed by atoms with Crippen molar-refractivity contribution in [1.29, 1.82) is 0 Å². The number of rotatable bonds is 14. The number of Topliss-reactive ketones (excluding diaryl/α,β-unsaturated/α-hetero) is 1. The molecule has 0 aliphatic heterocycles. The molecule has 0 saturated heterocycles. The normalized spacial score (nSPS) is 11.6. The van der Waals surface area contributed by atoms with Crippen molar-refractivity contribution < 1.29 is 19.1 Å². The van der Waals surface area contributed by atoms with Crippen LogP contribution in [0, 0.1) is 0 Å². The molecule has 190 valence electrons. The zero-order valence-corrected chi connectivity index (χ0v) is 22.3. The maximum absolute atomic E-state index is 12.0. The van der Waals surface area contributed by atoms with E-state index < -0.39 is 5.25 Å². The number of aryl methyl sites for hydroxylation is 2. The van der Waals surface area contributed by atoms with Gasteiger partial charge in [0.05, 0.1) is 11.9 Å². The predicted octanol–water partition coefficient (Wildman–Crippen LogP) is 8.13. The van der Waals surface area contributed by atoms with Gasteiger partial charge in [-0.2, -0.15) is 0 Å². The van der Waals surface area contributed by atoms with Crippen LogP contribution in [0.2, 0.25) is 0 Å². The molecule has 3 aromatic carbocycles. The van der Waals surface area contributed by atoms with Gasteiger partial charge in [0, 0.05) is 6.92 Å². The Hall–Kier alpha value is -3.05. The van der Waals surface area contributed by atoms with Crippen LogP contribution >= 0.6 is 11.8 Å². The molecule has 3 aromatic rings. The van der Waals surface area contributed by atoms with Gasteiger partial charge < -0.3 is 9.47 Å². The molecule has 0 amide bonds. The summed E-state index contributed by atoms with van der Waals surface area (Å²) >= 11 is 1.10. The first-order chi connectivity index (χ1) is 17.5. The number of ether oxygens (including phenoxy) is 2. The van der Waals surface area contributed by atoms with Crippen molar-refractivity contribution in [1.82, 2.24) is 0 Å². The molecule has 0 radical (unpaired) electrons. The number of unbranched alkanes of at least 4 members (excludes halogenated alkanes) is 2. The third kappa shape index (κ3) is 8.87. The molecule has 0 bridgehead atoms. The molecule has 1 unspecified atom stereocenters. The van der Waals surface area contributed by atoms with E-state index in [4.69, 9.17) is 9.47 Å². The van der Waals surface area contributed by atoms with E-state index in [9.17, 15) is 9.59 Å². The third-order valence-electron chi connectivity index (χ3n) is 5.80. The minimum absolute atomic E-state index is 0.00611. The van der Waals surface area contributed by atoms with Gasteiger partial charge in [-0.25, -0.2) is 0 Å². The number of hydrogen-bond donors (Lipinski definition) is 0. The summed E-state index contributed by atoms with van der Waals surface area (Å²) in [7, 11) is 0. The maximum Gasteiger partial charge on any atom is 0.186 e. The van der Waals surface area contributed by atoms with E-state index in [-0.39, 0.29) is 10.9 Å². The summed E-state index contributed by atoms with van der Waals surface area (Å²) in [6, 6.07) is 23.9. The first-order valence-electron chi connectivity index (χ1n) is 12.7. The molecule has 5 heteroatoms. The first kappa shape index (κ1) is 27.5. The van der Waals surface area contributed by atoms with E-state index in [1.165, 1.54) is 18.1 Å². The van der Waals surface area contributed by atoms with Gasteiger partial charge in [0.2, 0.25) is 0 Å². The summed E-state index contributed by atoms with van der Waals surface area (Å²) in [5.74, 6) is 2.59. The molecule has 0 saturated carbocycles. The minimum Gasteiger partial charge on any atom is -0.493 e. The lowest BCUT2D eigenvalue weighted by atomic mass is 10.0. The Bertz CT molecular complexity index is 1130. The van der Waals surface area contributed by atoms with Crippen LogP contribution in [0.1, 0.15) is 68.4 Å². The molecule has 36 heavy (non-hydrogen) atoms. The fourth-order valence-corrected chi connectivity index (χ4v) is 4.88. The molecule has 0 heterocycles. The molecule has 0 fully saturated rings. The van der Waals surface area contributed by atoms with E-state index in [1.54, 1.807) is 6.92 Å². The number of ketones is 1. The Labute approximate surface area is 219 Å². The van der Waals surface area contributed by atoms with E-state index in [0.29, 0.717) is 6.61 Å². The monoisotopic (exact) mass is 504 g/mol. The minimum atomic E-state index is -0.419. The molecule has 1 atom stereocenters. The van der Waals surface area contributed by atoms with Gasteiger partial charge in [-0.15, -0.1) is 0 Å². The van der Waals surface area contributed by atoms with Crippen molar-refractivity contribution in [3.63, 3.8) is 0 Å². The van der Waals surface area contributed by atoms with Gasteiger partial charge >= 0.3 is 0 Å². The standard InChI is InChI=1S/C31H36O4S/c1-4-12-26-22-29(35-28-16-8-5-9-17-28)18-19-30(26)34-20-10-6-7-13-25-14-11-15-27(21-25)31(23(2)32)36-24(3)33/h5,8-9,11,14-19,21-22,31H,4,6-7,10,12-13,20H2,1-3H3. The van der Waals surface area contributed by atoms with E-state index in [2.05, 4.69) is 25.1 Å². The lowest BCUT2D eigenvalue weighted by Gasteiger charge is -2.14. The predicted molar refractivity (Wildman–Crippen MR) is 148 cm³/mol. The second kappa shape index (κ2) is 14.5. The molecule has 0 spiro atoms. The van der Waals surface area contributed by atoms with Crippen LogP contribution in [0.25, 0.3) is 0 Å². The van der Waals surface area contributed by atoms with E-state index in [1.807, 2.05) is 54.6 Å². The van der Waals surface area contributed by atoms with Crippen LogP contribution in [0.4, 0.5) is 0 Å². The second-order valence-corrected chi connectivity index (χ2v) is 10.2. The summed E-state index contributed by atoms with van der Waals surface area (Å²) < 4.78 is 12.1. The second-order valence-electron chi connectivity index (χ2n) is 8.94. The molecule has 4 nitrogen and oxygen atoms in total. The van der Waals surface area contributed by atoms with E-state index >= 15 is 0 Å². The average molecular weight is 505 g/mol. The number of carbonyl (C=O) groups excluding carboxylic acids is 2. The highest BCUT2D eigenvalue weighted by molar-refractivity contribution is 8.14. The van der Waals surface area contributed by atoms with Gasteiger partial charge in [-0.05, 0) is 86.1 Å². The zero-order valence-electron chi connectivity index (χ0n) is 21.5. The van der Waals surface area contributed by atoms with Gasteiger partial charge in [0.25, 0.3) is 0 Å². The quantitative estimate of drug-likeness (QED) is 0.207. The molecule has 0 aliphatic carbocycles. The number of carbonyl (C=O) groups is 2. The SMILES string of the molecule is CCCc1cc(Oc2ccccc2)ccc1OCCCCCc1cccc(C(SC(C)=O)C(C)=O)c1. The van der Waals surface area contributed by atoms with Crippen LogP contribution < -0.4 is 9.47 Å². The Morgan fingerprint density at radius 2 is 1.64 bits per heavy atom. The fourth-order valence-electron chi connectivity index (χ4n) is 4.10. The van der Waals surface area contributed by atoms with Gasteiger partial charge in [0.1, 0.15) is 23.0 Å². The van der Waals surface area contributed by atoms with Crippen molar-refractivity contribution in [2.45, 2.75) is 64.5 Å². The highest BCUT2D eigenvalue weighted by atomic mass is 32.2. The highest BCUT2D eigenvalue weighted by Gasteiger charge is 2.19. The van der Waals surface area contributed by atoms with Crippen LogP contribution in [-0.4, -0.2) is 17.5 Å². The Morgan fingerprint density at radius 1 is 0.833 bits per heavy atom. The molecule has 0 aliphatic rings. The van der Waals surface area contributed by atoms with Crippen molar-refractivity contribution in [2.75, 3.05) is 6.61 Å². The molecule has 0 aromatic heterocycles. The average Bonchev–Trinajstić information content (AvgIpc) is 2.86. The maximum atomic E-state index is 12.0. The Kier molecular flexibility index (Phi) is 11.1. The van der Waals surface area contributed by atoms with Gasteiger partial charge in [-0.1, -0.05) is 67.6 Å². The first-order valence-corrected chi connectivity index (χ1v) is 13.6. The smallest absolute Gasteiger partial charge is 0.186 e. The highest BCUT2D eigenvalue weighted by Crippen LogP contribution is 2.31. The molecular formula is C31H36O4S. The summed E-state index contributed by atoms with van der Waals surface area (Å²) in [5, 5.41) is -0.460. The van der Waals surface area contributed by atoms with E-state index in [0.717, 1.165) is 73.1 Å². The Morgan fingerprint density at radius 3 is 2.36 bits per heavy atom. The lowest BCUT2D eigenvalue weighted by molar-refractivity contribution is -0.117. The lowest BCUT2D eigenvalue weighted by Crippen LogP contribution is -2.07. The summed E-state index contributed by atoms with van der Waals surface area (Å²) in [5.41, 5.74) is 3.28.